The van der Waals surface area contributed by atoms with E-state index in [2.05, 4.69) is 5.32 Å². The van der Waals surface area contributed by atoms with Gasteiger partial charge in [-0.05, 0) is 30.0 Å². The van der Waals surface area contributed by atoms with E-state index in [-0.39, 0.29) is 23.9 Å². The Balaban J connectivity index is 1.87. The van der Waals surface area contributed by atoms with Crippen LogP contribution in [0, 0.1) is 11.7 Å². The number of nitrogens with one attached hydrogen (secondary N) is 1. The van der Waals surface area contributed by atoms with E-state index in [0.29, 0.717) is 19.6 Å². The van der Waals surface area contributed by atoms with Gasteiger partial charge in [0.1, 0.15) is 5.82 Å². The van der Waals surface area contributed by atoms with E-state index in [1.54, 1.807) is 24.1 Å². The number of urea groups is 1. The van der Waals surface area contributed by atoms with E-state index in [9.17, 15) is 14.3 Å². The molecule has 1 saturated heterocycles. The van der Waals surface area contributed by atoms with Crippen LogP contribution >= 0.6 is 0 Å². The van der Waals surface area contributed by atoms with Crippen LogP contribution in [-0.2, 0) is 4.74 Å². The van der Waals surface area contributed by atoms with Crippen LogP contribution in [0.2, 0.25) is 0 Å². The molecule has 0 aromatic heterocycles. The third-order valence-electron chi connectivity index (χ3n) is 4.17. The third-order valence-corrected chi connectivity index (χ3v) is 4.17. The molecular weight excluding hydrogens is 287 g/mol. The zero-order valence-electron chi connectivity index (χ0n) is 13.0. The van der Waals surface area contributed by atoms with Crippen LogP contribution in [0.25, 0.3) is 0 Å². The molecule has 1 aliphatic heterocycles. The maximum absolute atomic E-state index is 12.9. The van der Waals surface area contributed by atoms with Crippen molar-refractivity contribution >= 4 is 6.03 Å². The van der Waals surface area contributed by atoms with E-state index < -0.39 is 6.10 Å². The molecule has 0 spiro atoms. The van der Waals surface area contributed by atoms with Gasteiger partial charge in [-0.25, -0.2) is 9.18 Å². The molecule has 2 N–H and O–H groups in total. The molecule has 1 aromatic carbocycles. The van der Waals surface area contributed by atoms with Gasteiger partial charge in [-0.1, -0.05) is 19.1 Å². The number of hydrogen-bond donors (Lipinski definition) is 2. The largest absolute Gasteiger partial charge is 0.391 e. The molecule has 1 fully saturated rings. The van der Waals surface area contributed by atoms with Crippen LogP contribution in [0.1, 0.15) is 25.0 Å². The van der Waals surface area contributed by atoms with Crippen LogP contribution in [0.4, 0.5) is 9.18 Å². The average Bonchev–Trinajstić information content (AvgIpc) is 2.52. The van der Waals surface area contributed by atoms with Crippen molar-refractivity contribution in [1.29, 1.82) is 0 Å². The zero-order chi connectivity index (χ0) is 16.1. The summed E-state index contributed by atoms with van der Waals surface area (Å²) in [6, 6.07) is 5.80. The third kappa shape index (κ3) is 4.18. The number of likely N-dealkylation sites (tertiary alicyclic amines) is 1. The minimum absolute atomic E-state index is 0.213. The number of carbonyl (C=O) groups excluding carboxylic acids is 1. The Morgan fingerprint density at radius 1 is 1.50 bits per heavy atom. The number of amides is 2. The average molecular weight is 310 g/mol. The summed E-state index contributed by atoms with van der Waals surface area (Å²) in [5, 5.41) is 12.7. The summed E-state index contributed by atoms with van der Waals surface area (Å²) < 4.78 is 18.3. The fourth-order valence-corrected chi connectivity index (χ4v) is 2.54. The van der Waals surface area contributed by atoms with E-state index in [1.165, 1.54) is 12.1 Å². The van der Waals surface area contributed by atoms with Gasteiger partial charge >= 0.3 is 6.03 Å². The Morgan fingerprint density at radius 3 is 2.77 bits per heavy atom. The first-order valence-electron chi connectivity index (χ1n) is 7.50. The lowest BCUT2D eigenvalue weighted by Crippen LogP contribution is -2.50. The topological polar surface area (TPSA) is 61.8 Å². The SMILES string of the molecule is COC(CNC(=O)N1CCC(C)C(O)C1)c1ccc(F)cc1. The smallest absolute Gasteiger partial charge is 0.317 e. The first-order valence-corrected chi connectivity index (χ1v) is 7.50. The molecule has 3 atom stereocenters. The van der Waals surface area contributed by atoms with Crippen LogP contribution < -0.4 is 5.32 Å². The monoisotopic (exact) mass is 310 g/mol. The molecular formula is C16H23FN2O3. The number of hydrogen-bond acceptors (Lipinski definition) is 3. The second kappa shape index (κ2) is 7.56. The number of aliphatic hydroxyl groups excluding tert-OH is 1. The minimum Gasteiger partial charge on any atom is -0.391 e. The summed E-state index contributed by atoms with van der Waals surface area (Å²) in [6.45, 7) is 3.26. The molecule has 1 aromatic rings. The van der Waals surface area contributed by atoms with Crippen molar-refractivity contribution in [3.63, 3.8) is 0 Å². The van der Waals surface area contributed by atoms with Gasteiger partial charge < -0.3 is 20.1 Å². The van der Waals surface area contributed by atoms with Crippen LogP contribution in [-0.4, -0.2) is 48.9 Å². The lowest BCUT2D eigenvalue weighted by molar-refractivity contribution is 0.0418. The molecule has 2 amide bonds. The summed E-state index contributed by atoms with van der Waals surface area (Å²) in [6.07, 6.45) is -0.0201. The quantitative estimate of drug-likeness (QED) is 0.893. The number of β-amino-alcohol motifs (C(OH)–C–C–N with tert-alkyl or cyclic N) is 1. The highest BCUT2D eigenvalue weighted by Gasteiger charge is 2.27. The van der Waals surface area contributed by atoms with Crippen LogP contribution in [0.5, 0.6) is 0 Å². The molecule has 0 aliphatic carbocycles. The van der Waals surface area contributed by atoms with Crippen molar-refractivity contribution in [2.24, 2.45) is 5.92 Å². The fraction of sp³-hybridized carbons (Fsp3) is 0.562. The van der Waals surface area contributed by atoms with E-state index in [4.69, 9.17) is 4.74 Å². The zero-order valence-corrected chi connectivity index (χ0v) is 13.0. The predicted molar refractivity (Wildman–Crippen MR) is 80.9 cm³/mol. The Bertz CT molecular complexity index is 495. The highest BCUT2D eigenvalue weighted by atomic mass is 19.1. The normalized spacial score (nSPS) is 23.2. The van der Waals surface area contributed by atoms with Crippen molar-refractivity contribution in [3.05, 3.63) is 35.6 Å². The number of halogens is 1. The molecule has 2 rings (SSSR count). The summed E-state index contributed by atoms with van der Waals surface area (Å²) in [4.78, 5) is 13.8. The van der Waals surface area contributed by atoms with Gasteiger partial charge in [0.25, 0.3) is 0 Å². The summed E-state index contributed by atoms with van der Waals surface area (Å²) in [5.74, 6) is -0.0888. The molecule has 0 saturated carbocycles. The van der Waals surface area contributed by atoms with E-state index in [1.807, 2.05) is 6.92 Å². The maximum atomic E-state index is 12.9. The summed E-state index contributed by atoms with van der Waals surface area (Å²) in [5.41, 5.74) is 0.802. The van der Waals surface area contributed by atoms with Gasteiger partial charge in [0.2, 0.25) is 0 Å². The Kier molecular flexibility index (Phi) is 5.74. The van der Waals surface area contributed by atoms with Gasteiger partial charge in [0.05, 0.1) is 12.2 Å². The van der Waals surface area contributed by atoms with Crippen molar-refractivity contribution in [1.82, 2.24) is 10.2 Å². The molecule has 1 heterocycles. The number of rotatable bonds is 4. The first kappa shape index (κ1) is 16.7. The maximum Gasteiger partial charge on any atom is 0.317 e. The van der Waals surface area contributed by atoms with Gasteiger partial charge in [-0.3, -0.25) is 0 Å². The summed E-state index contributed by atoms with van der Waals surface area (Å²) >= 11 is 0. The second-order valence-corrected chi connectivity index (χ2v) is 5.74. The van der Waals surface area contributed by atoms with Crippen LogP contribution in [0.3, 0.4) is 0 Å². The number of piperidine rings is 1. The van der Waals surface area contributed by atoms with Gasteiger partial charge in [0.15, 0.2) is 0 Å². The predicted octanol–water partition coefficient (Wildman–Crippen LogP) is 1.93. The highest BCUT2D eigenvalue weighted by Crippen LogP contribution is 2.18. The Morgan fingerprint density at radius 2 is 2.18 bits per heavy atom. The van der Waals surface area contributed by atoms with Gasteiger partial charge in [-0.15, -0.1) is 0 Å². The van der Waals surface area contributed by atoms with Crippen molar-refractivity contribution in [3.8, 4) is 0 Å². The molecule has 6 heteroatoms. The highest BCUT2D eigenvalue weighted by molar-refractivity contribution is 5.74. The van der Waals surface area contributed by atoms with Crippen molar-refractivity contribution in [2.45, 2.75) is 25.6 Å². The standard InChI is InChI=1S/C16H23FN2O3/c1-11-7-8-19(10-14(11)20)16(21)18-9-15(22-2)12-3-5-13(17)6-4-12/h3-6,11,14-15,20H,7-10H2,1-2H3,(H,18,21). The Hall–Kier alpha value is -1.66. The van der Waals surface area contributed by atoms with E-state index in [0.717, 1.165) is 12.0 Å². The van der Waals surface area contributed by atoms with E-state index >= 15 is 0 Å². The lowest BCUT2D eigenvalue weighted by atomic mass is 9.96. The lowest BCUT2D eigenvalue weighted by Gasteiger charge is -2.34. The molecule has 22 heavy (non-hydrogen) atoms. The molecule has 0 radical (unpaired) electrons. The van der Waals surface area contributed by atoms with Crippen molar-refractivity contribution < 1.29 is 19.0 Å². The molecule has 3 unspecified atom stereocenters. The minimum atomic E-state index is -0.477. The number of carbonyl (C=O) groups is 1. The molecule has 5 nitrogen and oxygen atoms in total. The number of methoxy groups -OCH3 is 1. The number of ether oxygens (including phenoxy) is 1. The molecule has 0 bridgehead atoms. The number of nitrogens with zero attached hydrogens (tertiary/aromatic N) is 1. The molecule has 122 valence electrons. The fourth-order valence-electron chi connectivity index (χ4n) is 2.54. The number of aliphatic hydroxyl groups is 1. The summed E-state index contributed by atoms with van der Waals surface area (Å²) in [7, 11) is 1.55. The Labute approximate surface area is 130 Å². The van der Waals surface area contributed by atoms with Crippen molar-refractivity contribution in [2.75, 3.05) is 26.7 Å². The molecule has 1 aliphatic rings. The number of benzene rings is 1. The van der Waals surface area contributed by atoms with Gasteiger partial charge in [-0.2, -0.15) is 0 Å². The first-order chi connectivity index (χ1) is 10.5. The second-order valence-electron chi connectivity index (χ2n) is 5.74. The van der Waals surface area contributed by atoms with Crippen LogP contribution in [0.15, 0.2) is 24.3 Å². The van der Waals surface area contributed by atoms with Gasteiger partial charge in [0, 0.05) is 26.7 Å².